The summed E-state index contributed by atoms with van der Waals surface area (Å²) >= 11 is 3.21. The van der Waals surface area contributed by atoms with Crippen molar-refractivity contribution >= 4 is 21.6 Å². The lowest BCUT2D eigenvalue weighted by Crippen LogP contribution is -2.05. The monoisotopic (exact) mass is 311 g/mol. The number of halogens is 1. The molecule has 1 N–H and O–H groups in total. The molecule has 0 spiro atoms. The highest BCUT2D eigenvalue weighted by atomic mass is 79.9. The number of nitrogens with zero attached hydrogens (tertiary/aromatic N) is 4. The first kappa shape index (κ1) is 12.7. The minimum absolute atomic E-state index is 0.0229. The largest absolute Gasteiger partial charge is 0.314 e. The van der Waals surface area contributed by atoms with Gasteiger partial charge in [-0.25, -0.2) is 4.68 Å². The Morgan fingerprint density at radius 2 is 2.33 bits per heavy atom. The molecule has 0 amide bonds. The molecule has 2 aromatic rings. The van der Waals surface area contributed by atoms with E-state index in [4.69, 9.17) is 0 Å². The predicted molar refractivity (Wildman–Crippen MR) is 68.5 cm³/mol. The molecule has 1 heterocycles. The van der Waals surface area contributed by atoms with Crippen molar-refractivity contribution in [2.24, 2.45) is 0 Å². The number of benzene rings is 1. The van der Waals surface area contributed by atoms with Crippen molar-refractivity contribution in [2.75, 3.05) is 7.05 Å². The van der Waals surface area contributed by atoms with E-state index in [9.17, 15) is 10.1 Å². The summed E-state index contributed by atoms with van der Waals surface area (Å²) in [6.45, 7) is 0.560. The van der Waals surface area contributed by atoms with Gasteiger partial charge in [0.15, 0.2) is 0 Å². The van der Waals surface area contributed by atoms with Crippen LogP contribution in [0.3, 0.4) is 0 Å². The smallest absolute Gasteiger partial charge is 0.296 e. The number of nitro groups is 1. The minimum atomic E-state index is -0.445. The summed E-state index contributed by atoms with van der Waals surface area (Å²) in [5, 5.41) is 21.7. The van der Waals surface area contributed by atoms with Gasteiger partial charge in [-0.3, -0.25) is 10.1 Å². The van der Waals surface area contributed by atoms with Crippen LogP contribution < -0.4 is 5.32 Å². The molecule has 0 atom stereocenters. The van der Waals surface area contributed by atoms with Crippen molar-refractivity contribution in [3.63, 3.8) is 0 Å². The van der Waals surface area contributed by atoms with Crippen LogP contribution in [0.5, 0.6) is 0 Å². The highest BCUT2D eigenvalue weighted by Gasteiger charge is 2.17. The summed E-state index contributed by atoms with van der Waals surface area (Å²) in [5.41, 5.74) is 1.08. The lowest BCUT2D eigenvalue weighted by atomic mass is 10.3. The number of nitrogens with one attached hydrogen (secondary N) is 1. The Morgan fingerprint density at radius 1 is 1.56 bits per heavy atom. The van der Waals surface area contributed by atoms with E-state index in [1.807, 2.05) is 0 Å². The van der Waals surface area contributed by atoms with E-state index < -0.39 is 4.92 Å². The van der Waals surface area contributed by atoms with Gasteiger partial charge in [0, 0.05) is 17.1 Å². The van der Waals surface area contributed by atoms with Crippen LogP contribution in [0, 0.1) is 10.1 Å². The average Bonchev–Trinajstić information content (AvgIpc) is 2.78. The van der Waals surface area contributed by atoms with Gasteiger partial charge in [-0.1, -0.05) is 21.1 Å². The second kappa shape index (κ2) is 5.23. The minimum Gasteiger partial charge on any atom is -0.314 e. The van der Waals surface area contributed by atoms with E-state index in [1.165, 1.54) is 10.7 Å². The van der Waals surface area contributed by atoms with Crippen molar-refractivity contribution in [3.05, 3.63) is 44.7 Å². The Bertz CT molecular complexity index is 583. The topological polar surface area (TPSA) is 85.9 Å². The maximum absolute atomic E-state index is 11.0. The molecule has 0 bridgehead atoms. The Morgan fingerprint density at radius 3 is 3.00 bits per heavy atom. The fourth-order valence-electron chi connectivity index (χ4n) is 1.51. The number of hydrogen-bond donors (Lipinski definition) is 1. The second-order valence-corrected chi connectivity index (χ2v) is 4.49. The molecule has 1 aromatic heterocycles. The molecule has 0 unspecified atom stereocenters. The average molecular weight is 312 g/mol. The van der Waals surface area contributed by atoms with Crippen LogP contribution in [0.15, 0.2) is 28.9 Å². The van der Waals surface area contributed by atoms with Crippen molar-refractivity contribution in [2.45, 2.75) is 6.54 Å². The zero-order valence-corrected chi connectivity index (χ0v) is 11.1. The Kier molecular flexibility index (Phi) is 3.68. The highest BCUT2D eigenvalue weighted by Crippen LogP contribution is 2.26. The quantitative estimate of drug-likeness (QED) is 0.685. The summed E-state index contributed by atoms with van der Waals surface area (Å²) in [7, 11) is 1.79. The first-order valence-electron chi connectivity index (χ1n) is 5.12. The van der Waals surface area contributed by atoms with Gasteiger partial charge in [0.05, 0.1) is 16.8 Å². The first-order chi connectivity index (χ1) is 8.61. The summed E-state index contributed by atoms with van der Waals surface area (Å²) in [6, 6.07) is 4.79. The number of hydrogen-bond acceptors (Lipinski definition) is 5. The van der Waals surface area contributed by atoms with Gasteiger partial charge < -0.3 is 5.32 Å². The van der Waals surface area contributed by atoms with Gasteiger partial charge in [-0.2, -0.15) is 0 Å². The molecule has 94 valence electrons. The Balaban J connectivity index is 2.45. The zero-order valence-electron chi connectivity index (χ0n) is 9.50. The van der Waals surface area contributed by atoms with Crippen LogP contribution in [-0.4, -0.2) is 27.0 Å². The van der Waals surface area contributed by atoms with Crippen LogP contribution in [0.2, 0.25) is 0 Å². The molecule has 2 rings (SSSR count). The molecular weight excluding hydrogens is 302 g/mol. The Hall–Kier alpha value is -1.80. The molecule has 1 aromatic carbocycles. The summed E-state index contributed by atoms with van der Waals surface area (Å²) in [4.78, 5) is 10.5. The van der Waals surface area contributed by atoms with E-state index in [1.54, 1.807) is 25.4 Å². The Labute approximate surface area is 111 Å². The van der Waals surface area contributed by atoms with Crippen LogP contribution in [0.25, 0.3) is 5.69 Å². The SMILES string of the molecule is CNCc1cn(-c2ccc(Br)cc2[N+](=O)[O-])nn1. The standard InChI is InChI=1S/C10H10BrN5O2/c1-12-5-8-6-15(14-13-8)9-3-2-7(11)4-10(9)16(17)18/h2-4,6,12H,5H2,1H3. The highest BCUT2D eigenvalue weighted by molar-refractivity contribution is 9.10. The van der Waals surface area contributed by atoms with E-state index >= 15 is 0 Å². The molecule has 0 fully saturated rings. The van der Waals surface area contributed by atoms with E-state index in [-0.39, 0.29) is 5.69 Å². The van der Waals surface area contributed by atoms with E-state index in [0.29, 0.717) is 16.7 Å². The molecule has 0 aliphatic carbocycles. The van der Waals surface area contributed by atoms with Gasteiger partial charge >= 0.3 is 0 Å². The van der Waals surface area contributed by atoms with Crippen LogP contribution >= 0.6 is 15.9 Å². The molecule has 0 aliphatic heterocycles. The van der Waals surface area contributed by atoms with Crippen molar-refractivity contribution in [3.8, 4) is 5.69 Å². The fraction of sp³-hybridized carbons (Fsp3) is 0.200. The molecular formula is C10H10BrN5O2. The predicted octanol–water partition coefficient (Wildman–Crippen LogP) is 1.66. The number of nitro benzene ring substituents is 1. The van der Waals surface area contributed by atoms with Gasteiger partial charge in [0.1, 0.15) is 5.69 Å². The summed E-state index contributed by atoms with van der Waals surface area (Å²) in [5.74, 6) is 0. The van der Waals surface area contributed by atoms with Crippen LogP contribution in [0.1, 0.15) is 5.69 Å². The van der Waals surface area contributed by atoms with Crippen LogP contribution in [0.4, 0.5) is 5.69 Å². The molecule has 7 nitrogen and oxygen atoms in total. The van der Waals surface area contributed by atoms with Crippen molar-refractivity contribution in [1.29, 1.82) is 0 Å². The lowest BCUT2D eigenvalue weighted by molar-refractivity contribution is -0.384. The second-order valence-electron chi connectivity index (χ2n) is 3.57. The van der Waals surface area contributed by atoms with Gasteiger partial charge in [0.2, 0.25) is 0 Å². The maximum Gasteiger partial charge on any atom is 0.296 e. The fourth-order valence-corrected chi connectivity index (χ4v) is 1.86. The third-order valence-corrected chi connectivity index (χ3v) is 2.77. The summed E-state index contributed by atoms with van der Waals surface area (Å²) < 4.78 is 2.05. The van der Waals surface area contributed by atoms with Crippen LogP contribution in [-0.2, 0) is 6.54 Å². The first-order valence-corrected chi connectivity index (χ1v) is 5.91. The molecule has 0 saturated heterocycles. The van der Waals surface area contributed by atoms with E-state index in [2.05, 4.69) is 31.6 Å². The third-order valence-electron chi connectivity index (χ3n) is 2.28. The van der Waals surface area contributed by atoms with E-state index in [0.717, 1.165) is 5.69 Å². The van der Waals surface area contributed by atoms with Gasteiger partial charge in [-0.15, -0.1) is 5.10 Å². The number of rotatable bonds is 4. The number of aromatic nitrogens is 3. The third kappa shape index (κ3) is 2.54. The molecule has 0 radical (unpaired) electrons. The zero-order chi connectivity index (χ0) is 13.1. The molecule has 0 saturated carbocycles. The maximum atomic E-state index is 11.0. The lowest BCUT2D eigenvalue weighted by Gasteiger charge is -2.02. The summed E-state index contributed by atoms with van der Waals surface area (Å²) in [6.07, 6.45) is 1.66. The van der Waals surface area contributed by atoms with Crippen molar-refractivity contribution < 1.29 is 4.92 Å². The van der Waals surface area contributed by atoms with Crippen molar-refractivity contribution in [1.82, 2.24) is 20.3 Å². The molecule has 0 aliphatic rings. The van der Waals surface area contributed by atoms with Gasteiger partial charge in [0.25, 0.3) is 5.69 Å². The normalized spacial score (nSPS) is 10.6. The molecule has 8 heteroatoms. The van der Waals surface area contributed by atoms with Gasteiger partial charge in [-0.05, 0) is 19.2 Å². The molecule has 18 heavy (non-hydrogen) atoms.